The summed E-state index contributed by atoms with van der Waals surface area (Å²) in [6.07, 6.45) is 4.84. The van der Waals surface area contributed by atoms with Gasteiger partial charge in [-0.05, 0) is 59.0 Å². The van der Waals surface area contributed by atoms with E-state index in [-0.39, 0.29) is 5.56 Å². The van der Waals surface area contributed by atoms with Crippen LogP contribution in [-0.4, -0.2) is 42.3 Å². The number of methoxy groups -OCH3 is 1. The number of benzene rings is 2. The molecular weight excluding hydrogens is 478 g/mol. The maximum atomic E-state index is 13.8. The van der Waals surface area contributed by atoms with E-state index in [1.54, 1.807) is 30.0 Å². The molecule has 0 bridgehead atoms. The molecule has 3 heterocycles. The first-order chi connectivity index (χ1) is 18.6. The molecule has 5 rings (SSSR count). The van der Waals surface area contributed by atoms with Crippen molar-refractivity contribution in [1.82, 2.24) is 35.2 Å². The number of nitrogens with zero attached hydrogens (tertiary/aromatic N) is 6. The van der Waals surface area contributed by atoms with Crippen LogP contribution in [0.5, 0.6) is 5.75 Å². The maximum Gasteiger partial charge on any atom is 0.263 e. The van der Waals surface area contributed by atoms with Crippen LogP contribution < -0.4 is 10.3 Å². The van der Waals surface area contributed by atoms with E-state index in [2.05, 4.69) is 56.8 Å². The summed E-state index contributed by atoms with van der Waals surface area (Å²) in [6.45, 7) is 3.99. The first-order valence-corrected chi connectivity index (χ1v) is 12.6. The largest absolute Gasteiger partial charge is 0.495 e. The third-order valence-electron chi connectivity index (χ3n) is 6.56. The molecule has 38 heavy (non-hydrogen) atoms. The lowest BCUT2D eigenvalue weighted by Gasteiger charge is -2.15. The van der Waals surface area contributed by atoms with Gasteiger partial charge in [-0.3, -0.25) is 4.79 Å². The van der Waals surface area contributed by atoms with Gasteiger partial charge in [-0.1, -0.05) is 61.9 Å². The highest BCUT2D eigenvalue weighted by atomic mass is 16.5. The minimum absolute atomic E-state index is 0.0893. The van der Waals surface area contributed by atoms with Crippen LogP contribution in [0.2, 0.25) is 0 Å². The van der Waals surface area contributed by atoms with Gasteiger partial charge >= 0.3 is 0 Å². The number of H-pyrrole nitrogens is 1. The molecule has 0 aliphatic rings. The highest BCUT2D eigenvalue weighted by Gasteiger charge is 2.17. The van der Waals surface area contributed by atoms with Gasteiger partial charge in [0.05, 0.1) is 19.0 Å². The van der Waals surface area contributed by atoms with Gasteiger partial charge in [0, 0.05) is 17.5 Å². The number of pyridine rings is 1. The van der Waals surface area contributed by atoms with Crippen molar-refractivity contribution in [2.24, 2.45) is 0 Å². The zero-order chi connectivity index (χ0) is 26.5. The molecule has 0 saturated heterocycles. The number of aryl methyl sites for hydroxylation is 2. The summed E-state index contributed by atoms with van der Waals surface area (Å²) in [7, 11) is 1.59. The molecule has 0 fully saturated rings. The van der Waals surface area contributed by atoms with Crippen LogP contribution >= 0.6 is 0 Å². The van der Waals surface area contributed by atoms with Crippen molar-refractivity contribution in [2.45, 2.75) is 39.5 Å². The molecule has 0 aliphatic carbocycles. The second-order valence-electron chi connectivity index (χ2n) is 9.05. The summed E-state index contributed by atoms with van der Waals surface area (Å²) in [6, 6.07) is 19.8. The third-order valence-corrected chi connectivity index (χ3v) is 6.56. The first-order valence-electron chi connectivity index (χ1n) is 12.6. The fraction of sp³-hybridized carbons (Fsp3) is 0.241. The van der Waals surface area contributed by atoms with Crippen molar-refractivity contribution in [3.8, 4) is 34.1 Å². The second kappa shape index (κ2) is 11.2. The number of ether oxygens (including phenoxy) is 1. The molecular formula is C29H29N7O2. The van der Waals surface area contributed by atoms with Crippen LogP contribution in [0.15, 0.2) is 71.7 Å². The number of rotatable bonds is 9. The molecule has 1 N–H and O–H groups in total. The fourth-order valence-electron chi connectivity index (χ4n) is 4.56. The van der Waals surface area contributed by atoms with Gasteiger partial charge in [-0.15, -0.1) is 5.10 Å². The Hall–Kier alpha value is -4.66. The van der Waals surface area contributed by atoms with Crippen molar-refractivity contribution >= 4 is 0 Å². The van der Waals surface area contributed by atoms with Gasteiger partial charge < -0.3 is 4.74 Å². The molecule has 0 spiro atoms. The number of nitrogens with one attached hydrogen (secondary N) is 1. The third kappa shape index (κ3) is 5.08. The van der Waals surface area contributed by atoms with Crippen molar-refractivity contribution in [3.63, 3.8) is 0 Å². The molecule has 0 aliphatic heterocycles. The normalized spacial score (nSPS) is 11.0. The van der Waals surface area contributed by atoms with Gasteiger partial charge in [-0.25, -0.2) is 19.6 Å². The van der Waals surface area contributed by atoms with Crippen molar-refractivity contribution in [1.29, 1.82) is 0 Å². The second-order valence-corrected chi connectivity index (χ2v) is 9.05. The van der Waals surface area contributed by atoms with E-state index < -0.39 is 0 Å². The number of aromatic nitrogens is 7. The van der Waals surface area contributed by atoms with E-state index in [0.717, 1.165) is 47.2 Å². The fourth-order valence-corrected chi connectivity index (χ4v) is 4.56. The summed E-state index contributed by atoms with van der Waals surface area (Å²) in [5, 5.41) is 14.3. The van der Waals surface area contributed by atoms with Crippen LogP contribution in [-0.2, 0) is 12.8 Å². The Labute approximate surface area is 220 Å². The van der Waals surface area contributed by atoms with Gasteiger partial charge in [0.25, 0.3) is 5.56 Å². The van der Waals surface area contributed by atoms with E-state index in [1.807, 2.05) is 31.2 Å². The topological polar surface area (TPSA) is 111 Å². The minimum atomic E-state index is -0.0893. The molecule has 0 amide bonds. The van der Waals surface area contributed by atoms with Gasteiger partial charge in [0.15, 0.2) is 5.82 Å². The predicted octanol–water partition coefficient (Wildman–Crippen LogP) is 4.73. The van der Waals surface area contributed by atoms with Gasteiger partial charge in [-0.2, -0.15) is 0 Å². The lowest BCUT2D eigenvalue weighted by atomic mass is 9.96. The Balaban J connectivity index is 1.51. The lowest BCUT2D eigenvalue weighted by molar-refractivity contribution is 0.412. The zero-order valence-electron chi connectivity index (χ0n) is 21.7. The summed E-state index contributed by atoms with van der Waals surface area (Å²) in [5.74, 6) is 2.39. The van der Waals surface area contributed by atoms with Crippen molar-refractivity contribution in [3.05, 3.63) is 99.9 Å². The van der Waals surface area contributed by atoms with Crippen molar-refractivity contribution in [2.75, 3.05) is 7.11 Å². The molecule has 5 aromatic rings. The Morgan fingerprint density at radius 2 is 1.79 bits per heavy atom. The molecule has 9 nitrogen and oxygen atoms in total. The van der Waals surface area contributed by atoms with E-state index in [0.29, 0.717) is 35.2 Å². The Kier molecular flexibility index (Phi) is 7.35. The standard InChI is InChI=1S/C29H29N7O2/c1-4-5-10-26-25(29(37)36(19(2)31-26)27-16-15-22(38-3)18-30-27)17-20-11-13-21(14-12-20)23-8-6-7-9-24(23)28-32-34-35-33-28/h6-9,11-16,18H,4-5,10,17H2,1-3H3,(H,32,33,34,35). The van der Waals surface area contributed by atoms with Crippen LogP contribution in [0.1, 0.15) is 42.4 Å². The Morgan fingerprint density at radius 3 is 2.45 bits per heavy atom. The average Bonchev–Trinajstić information content (AvgIpc) is 3.49. The number of tetrazole rings is 1. The van der Waals surface area contributed by atoms with Crippen LogP contribution in [0.25, 0.3) is 28.3 Å². The number of aromatic amines is 1. The monoisotopic (exact) mass is 507 g/mol. The quantitative estimate of drug-likeness (QED) is 0.307. The predicted molar refractivity (Wildman–Crippen MR) is 145 cm³/mol. The molecule has 0 atom stereocenters. The number of unbranched alkanes of at least 4 members (excludes halogenated alkanes) is 1. The zero-order valence-corrected chi connectivity index (χ0v) is 21.7. The molecule has 9 heteroatoms. The summed E-state index contributed by atoms with van der Waals surface area (Å²) in [5.41, 5.74) is 5.47. The van der Waals surface area contributed by atoms with Crippen LogP contribution in [0.4, 0.5) is 0 Å². The number of hydrogen-bond donors (Lipinski definition) is 1. The molecule has 192 valence electrons. The molecule has 0 saturated carbocycles. The highest BCUT2D eigenvalue weighted by Crippen LogP contribution is 2.30. The maximum absolute atomic E-state index is 13.8. The van der Waals surface area contributed by atoms with E-state index >= 15 is 0 Å². The van der Waals surface area contributed by atoms with E-state index in [9.17, 15) is 4.79 Å². The minimum Gasteiger partial charge on any atom is -0.495 e. The number of hydrogen-bond acceptors (Lipinski definition) is 7. The van der Waals surface area contributed by atoms with Crippen LogP contribution in [0.3, 0.4) is 0 Å². The molecule has 2 aromatic carbocycles. The average molecular weight is 508 g/mol. The first kappa shape index (κ1) is 25.0. The summed E-state index contributed by atoms with van der Waals surface area (Å²) in [4.78, 5) is 23.1. The molecule has 0 radical (unpaired) electrons. The van der Waals surface area contributed by atoms with Crippen molar-refractivity contribution < 1.29 is 4.74 Å². The molecule has 3 aromatic heterocycles. The Bertz CT molecular complexity index is 1580. The van der Waals surface area contributed by atoms with E-state index in [1.165, 1.54) is 0 Å². The highest BCUT2D eigenvalue weighted by molar-refractivity contribution is 5.80. The van der Waals surface area contributed by atoms with Crippen LogP contribution in [0, 0.1) is 6.92 Å². The van der Waals surface area contributed by atoms with E-state index in [4.69, 9.17) is 9.72 Å². The Morgan fingerprint density at radius 1 is 1.00 bits per heavy atom. The van der Waals surface area contributed by atoms with Gasteiger partial charge in [0.2, 0.25) is 0 Å². The summed E-state index contributed by atoms with van der Waals surface area (Å²) >= 11 is 0. The summed E-state index contributed by atoms with van der Waals surface area (Å²) < 4.78 is 6.81. The lowest BCUT2D eigenvalue weighted by Crippen LogP contribution is -2.29. The SMILES string of the molecule is CCCCc1nc(C)n(-c2ccc(OC)cn2)c(=O)c1Cc1ccc(-c2ccccc2-c2nnn[nH]2)cc1. The smallest absolute Gasteiger partial charge is 0.263 e. The molecule has 0 unspecified atom stereocenters. The van der Waals surface area contributed by atoms with Gasteiger partial charge in [0.1, 0.15) is 17.4 Å².